The zero-order valence-electron chi connectivity index (χ0n) is 15.9. The molecule has 1 atom stereocenters. The van der Waals surface area contributed by atoms with Gasteiger partial charge in [0, 0.05) is 31.0 Å². The van der Waals surface area contributed by atoms with Crippen LogP contribution in [0.15, 0.2) is 24.3 Å². The molecule has 0 spiro atoms. The van der Waals surface area contributed by atoms with Crippen LogP contribution in [0.5, 0.6) is 0 Å². The van der Waals surface area contributed by atoms with Crippen LogP contribution < -0.4 is 0 Å². The average Bonchev–Trinajstić information content (AvgIpc) is 3.08. The first-order chi connectivity index (χ1) is 12.8. The van der Waals surface area contributed by atoms with Crippen molar-refractivity contribution in [2.45, 2.75) is 25.8 Å². The predicted molar refractivity (Wildman–Crippen MR) is 101 cm³/mol. The second-order valence-corrected chi connectivity index (χ2v) is 7.73. The van der Waals surface area contributed by atoms with Crippen LogP contribution >= 0.6 is 0 Å². The maximum absolute atomic E-state index is 13.0. The van der Waals surface area contributed by atoms with E-state index in [1.54, 1.807) is 16.8 Å². The Morgan fingerprint density at radius 2 is 1.96 bits per heavy atom. The van der Waals surface area contributed by atoms with E-state index < -0.39 is 6.04 Å². The van der Waals surface area contributed by atoms with Gasteiger partial charge in [0.25, 0.3) is 5.91 Å². The predicted octanol–water partition coefficient (Wildman–Crippen LogP) is 1.42. The van der Waals surface area contributed by atoms with Crippen LogP contribution in [0, 0.1) is 0 Å². The highest BCUT2D eigenvalue weighted by Crippen LogP contribution is 2.24. The number of nitrogens with one attached hydrogen (secondary N) is 1. The first-order valence-electron chi connectivity index (χ1n) is 9.31. The number of benzene rings is 1. The Bertz CT molecular complexity index is 932. The van der Waals surface area contributed by atoms with E-state index >= 15 is 0 Å². The summed E-state index contributed by atoms with van der Waals surface area (Å²) in [5.74, 6) is 0.119. The molecule has 1 aromatic heterocycles. The maximum atomic E-state index is 13.0. The molecule has 0 radical (unpaired) electrons. The number of hydrogen-bond donors (Lipinski definition) is 1. The summed E-state index contributed by atoms with van der Waals surface area (Å²) < 4.78 is 0. The summed E-state index contributed by atoms with van der Waals surface area (Å²) in [5, 5.41) is 0.991. The summed E-state index contributed by atoms with van der Waals surface area (Å²) in [4.78, 5) is 45.5. The Morgan fingerprint density at radius 1 is 1.19 bits per heavy atom. The number of aromatic nitrogens is 1. The summed E-state index contributed by atoms with van der Waals surface area (Å²) in [6.45, 7) is 5.45. The molecule has 0 bridgehead atoms. The van der Waals surface area contributed by atoms with Crippen LogP contribution in [0.2, 0.25) is 0 Å². The lowest BCUT2D eigenvalue weighted by molar-refractivity contribution is -0.157. The molecule has 1 N–H and O–H groups in total. The zero-order chi connectivity index (χ0) is 19.3. The number of fused-ring (bicyclic) bond motifs is 2. The van der Waals surface area contributed by atoms with E-state index in [0.29, 0.717) is 24.7 Å². The van der Waals surface area contributed by atoms with E-state index in [1.807, 2.05) is 12.1 Å². The molecule has 3 heterocycles. The molecule has 2 aromatic rings. The minimum atomic E-state index is -0.578. The van der Waals surface area contributed by atoms with Gasteiger partial charge in [0.1, 0.15) is 11.7 Å². The largest absolute Gasteiger partial charge is 0.351 e. The number of aromatic amines is 1. The number of hydrogen-bond acceptors (Lipinski definition) is 3. The summed E-state index contributed by atoms with van der Waals surface area (Å²) in [7, 11) is 1.63. The van der Waals surface area contributed by atoms with Crippen molar-refractivity contribution in [3.63, 3.8) is 0 Å². The Balaban J connectivity index is 1.57. The first-order valence-corrected chi connectivity index (χ1v) is 9.31. The lowest BCUT2D eigenvalue weighted by atomic mass is 10.0. The summed E-state index contributed by atoms with van der Waals surface area (Å²) in [6, 6.07) is 7.46. The number of carbonyl (C=O) groups is 3. The van der Waals surface area contributed by atoms with Gasteiger partial charge < -0.3 is 19.7 Å². The van der Waals surface area contributed by atoms with Gasteiger partial charge in [-0.1, -0.05) is 26.0 Å². The standard InChI is InChI=1S/C20H24N4O3/c1-12(2)13-4-5-14-9-16(21-15(14)8-13)19(26)23-6-7-24-17(10-23)20(27)22(3)11-18(24)25/h4-5,8-9,12,17,21H,6-7,10-11H2,1-3H3/t17-/m1/s1. The van der Waals surface area contributed by atoms with Crippen molar-refractivity contribution < 1.29 is 14.4 Å². The molecule has 2 saturated heterocycles. The molecule has 7 nitrogen and oxygen atoms in total. The van der Waals surface area contributed by atoms with Gasteiger partial charge in [-0.25, -0.2) is 0 Å². The third kappa shape index (κ3) is 2.97. The molecule has 2 fully saturated rings. The highest BCUT2D eigenvalue weighted by atomic mass is 16.2. The smallest absolute Gasteiger partial charge is 0.270 e. The molecule has 7 heteroatoms. The Hall–Kier alpha value is -2.83. The van der Waals surface area contributed by atoms with Crippen molar-refractivity contribution in [1.29, 1.82) is 0 Å². The summed E-state index contributed by atoms with van der Waals surface area (Å²) in [5.41, 5.74) is 2.67. The first kappa shape index (κ1) is 17.6. The van der Waals surface area contributed by atoms with Crippen LogP contribution in [-0.4, -0.2) is 76.7 Å². The van der Waals surface area contributed by atoms with Gasteiger partial charge in [-0.3, -0.25) is 14.4 Å². The molecule has 2 aliphatic rings. The minimum absolute atomic E-state index is 0.0546. The molecule has 142 valence electrons. The van der Waals surface area contributed by atoms with E-state index in [0.717, 1.165) is 10.9 Å². The number of carbonyl (C=O) groups excluding carboxylic acids is 3. The summed E-state index contributed by atoms with van der Waals surface area (Å²) in [6.07, 6.45) is 0. The molecule has 0 saturated carbocycles. The van der Waals surface area contributed by atoms with Crippen LogP contribution in [0.25, 0.3) is 10.9 Å². The number of piperazine rings is 2. The van der Waals surface area contributed by atoms with Crippen molar-refractivity contribution in [3.05, 3.63) is 35.5 Å². The van der Waals surface area contributed by atoms with Crippen molar-refractivity contribution in [2.75, 3.05) is 33.2 Å². The lowest BCUT2D eigenvalue weighted by Gasteiger charge is -2.45. The molecule has 2 aliphatic heterocycles. The van der Waals surface area contributed by atoms with E-state index in [1.165, 1.54) is 10.5 Å². The van der Waals surface area contributed by atoms with Gasteiger partial charge in [-0.05, 0) is 23.6 Å². The van der Waals surface area contributed by atoms with Gasteiger partial charge in [0.05, 0.1) is 13.1 Å². The number of likely N-dealkylation sites (N-methyl/N-ethyl adjacent to an activating group) is 1. The van der Waals surface area contributed by atoms with Gasteiger partial charge in [-0.2, -0.15) is 0 Å². The quantitative estimate of drug-likeness (QED) is 0.871. The Labute approximate surface area is 157 Å². The fraction of sp³-hybridized carbons (Fsp3) is 0.450. The average molecular weight is 368 g/mol. The fourth-order valence-corrected chi connectivity index (χ4v) is 3.89. The van der Waals surface area contributed by atoms with E-state index in [9.17, 15) is 14.4 Å². The van der Waals surface area contributed by atoms with Crippen LogP contribution in [0.3, 0.4) is 0 Å². The molecular formula is C20H24N4O3. The molecule has 4 rings (SSSR count). The van der Waals surface area contributed by atoms with Crippen molar-refractivity contribution >= 4 is 28.6 Å². The molecular weight excluding hydrogens is 344 g/mol. The molecule has 3 amide bonds. The summed E-state index contributed by atoms with van der Waals surface area (Å²) >= 11 is 0. The van der Waals surface area contributed by atoms with E-state index in [-0.39, 0.29) is 30.8 Å². The second kappa shape index (κ2) is 6.40. The number of nitrogens with zero attached hydrogens (tertiary/aromatic N) is 3. The molecule has 0 unspecified atom stereocenters. The van der Waals surface area contributed by atoms with Crippen LogP contribution in [0.1, 0.15) is 35.8 Å². The van der Waals surface area contributed by atoms with Gasteiger partial charge in [-0.15, -0.1) is 0 Å². The van der Waals surface area contributed by atoms with E-state index in [2.05, 4.69) is 31.0 Å². The third-order valence-corrected chi connectivity index (χ3v) is 5.57. The number of amides is 3. The van der Waals surface area contributed by atoms with Gasteiger partial charge in [0.15, 0.2) is 0 Å². The highest BCUT2D eigenvalue weighted by molar-refractivity contribution is 6.00. The minimum Gasteiger partial charge on any atom is -0.351 e. The number of rotatable bonds is 2. The highest BCUT2D eigenvalue weighted by Gasteiger charge is 2.42. The fourth-order valence-electron chi connectivity index (χ4n) is 3.89. The van der Waals surface area contributed by atoms with Gasteiger partial charge in [0.2, 0.25) is 11.8 Å². The molecule has 0 aliphatic carbocycles. The second-order valence-electron chi connectivity index (χ2n) is 7.73. The Morgan fingerprint density at radius 3 is 2.70 bits per heavy atom. The Kier molecular flexibility index (Phi) is 4.17. The normalized spacial score (nSPS) is 20.6. The van der Waals surface area contributed by atoms with Gasteiger partial charge >= 0.3 is 0 Å². The maximum Gasteiger partial charge on any atom is 0.270 e. The van der Waals surface area contributed by atoms with Crippen molar-refractivity contribution in [1.82, 2.24) is 19.7 Å². The topological polar surface area (TPSA) is 76.7 Å². The van der Waals surface area contributed by atoms with Crippen molar-refractivity contribution in [2.24, 2.45) is 0 Å². The monoisotopic (exact) mass is 368 g/mol. The molecule has 1 aromatic carbocycles. The lowest BCUT2D eigenvalue weighted by Crippen LogP contribution is -2.66. The van der Waals surface area contributed by atoms with Crippen molar-refractivity contribution in [3.8, 4) is 0 Å². The zero-order valence-corrected chi connectivity index (χ0v) is 15.9. The SMILES string of the molecule is CC(C)c1ccc2cc(C(=O)N3CCN4C(=O)CN(C)C(=O)[C@H]4C3)[nH]c2c1. The molecule has 27 heavy (non-hydrogen) atoms. The third-order valence-electron chi connectivity index (χ3n) is 5.57. The van der Waals surface area contributed by atoms with Crippen LogP contribution in [0.4, 0.5) is 0 Å². The van der Waals surface area contributed by atoms with E-state index in [4.69, 9.17) is 0 Å². The van der Waals surface area contributed by atoms with Crippen LogP contribution in [-0.2, 0) is 9.59 Å². The number of H-pyrrole nitrogens is 1.